The van der Waals surface area contributed by atoms with Crippen LogP contribution in [-0.4, -0.2) is 11.2 Å². The summed E-state index contributed by atoms with van der Waals surface area (Å²) in [6, 6.07) is 4.03. The standard InChI is InChI=1S/C21H30O3/c1-17(5-3-7-19-11-13-23-15-19)9-10-21(22)18(2)6-4-8-20-12-14-24-16-20/h9,11-16,18,21-22H,3-8,10H2,1-2H3/b17-9+. The number of furan rings is 2. The van der Waals surface area contributed by atoms with E-state index in [0.29, 0.717) is 5.92 Å². The number of aliphatic hydroxyl groups is 1. The molecule has 2 aromatic rings. The maximum absolute atomic E-state index is 10.3. The Hall–Kier alpha value is -1.74. The van der Waals surface area contributed by atoms with Gasteiger partial charge in [0.2, 0.25) is 0 Å². The van der Waals surface area contributed by atoms with Gasteiger partial charge in [-0.05, 0) is 81.0 Å². The molecule has 0 fully saturated rings. The van der Waals surface area contributed by atoms with E-state index < -0.39 is 0 Å². The van der Waals surface area contributed by atoms with Crippen LogP contribution < -0.4 is 0 Å². The van der Waals surface area contributed by atoms with Crippen LogP contribution in [0.2, 0.25) is 0 Å². The van der Waals surface area contributed by atoms with Gasteiger partial charge in [0.05, 0.1) is 31.2 Å². The first-order valence-corrected chi connectivity index (χ1v) is 9.01. The molecule has 2 unspecified atom stereocenters. The topological polar surface area (TPSA) is 46.5 Å². The zero-order valence-corrected chi connectivity index (χ0v) is 14.9. The normalized spacial score (nSPS) is 14.7. The van der Waals surface area contributed by atoms with Crippen LogP contribution in [0.1, 0.15) is 57.1 Å². The van der Waals surface area contributed by atoms with Crippen LogP contribution in [0.3, 0.4) is 0 Å². The van der Waals surface area contributed by atoms with Gasteiger partial charge in [0, 0.05) is 0 Å². The lowest BCUT2D eigenvalue weighted by Gasteiger charge is -2.17. The number of allylic oxidation sites excluding steroid dienone is 1. The Bertz CT molecular complexity index is 566. The highest BCUT2D eigenvalue weighted by molar-refractivity contribution is 5.07. The summed E-state index contributed by atoms with van der Waals surface area (Å²) < 4.78 is 10.2. The maximum atomic E-state index is 10.3. The fourth-order valence-electron chi connectivity index (χ4n) is 2.92. The van der Waals surface area contributed by atoms with Crippen molar-refractivity contribution in [2.24, 2.45) is 5.92 Å². The van der Waals surface area contributed by atoms with E-state index in [-0.39, 0.29) is 6.10 Å². The largest absolute Gasteiger partial charge is 0.472 e. The molecule has 2 rings (SSSR count). The molecular formula is C21H30O3. The smallest absolute Gasteiger partial charge is 0.0934 e. The van der Waals surface area contributed by atoms with Crippen molar-refractivity contribution in [3.63, 3.8) is 0 Å². The summed E-state index contributed by atoms with van der Waals surface area (Å²) in [5, 5.41) is 10.3. The van der Waals surface area contributed by atoms with Gasteiger partial charge >= 0.3 is 0 Å². The zero-order chi connectivity index (χ0) is 17.2. The summed E-state index contributed by atoms with van der Waals surface area (Å²) in [6.07, 6.45) is 16.2. The predicted molar refractivity (Wildman–Crippen MR) is 96.8 cm³/mol. The summed E-state index contributed by atoms with van der Waals surface area (Å²) in [6.45, 7) is 4.30. The van der Waals surface area contributed by atoms with Gasteiger partial charge < -0.3 is 13.9 Å². The van der Waals surface area contributed by atoms with Gasteiger partial charge in [-0.25, -0.2) is 0 Å². The minimum atomic E-state index is -0.252. The molecule has 3 heteroatoms. The molecule has 0 spiro atoms. The van der Waals surface area contributed by atoms with Gasteiger partial charge in [-0.15, -0.1) is 0 Å². The first-order valence-electron chi connectivity index (χ1n) is 9.01. The monoisotopic (exact) mass is 330 g/mol. The molecule has 0 aliphatic heterocycles. The molecule has 1 N–H and O–H groups in total. The van der Waals surface area contributed by atoms with Gasteiger partial charge in [0.25, 0.3) is 0 Å². The van der Waals surface area contributed by atoms with E-state index in [1.807, 2.05) is 18.4 Å². The molecule has 2 atom stereocenters. The second kappa shape index (κ2) is 10.2. The Morgan fingerprint density at radius 2 is 1.71 bits per heavy atom. The van der Waals surface area contributed by atoms with Crippen LogP contribution in [0.15, 0.2) is 57.7 Å². The van der Waals surface area contributed by atoms with Crippen molar-refractivity contribution >= 4 is 0 Å². The Morgan fingerprint density at radius 3 is 2.29 bits per heavy atom. The zero-order valence-electron chi connectivity index (χ0n) is 14.9. The Balaban J connectivity index is 1.59. The third kappa shape index (κ3) is 6.79. The van der Waals surface area contributed by atoms with Crippen molar-refractivity contribution in [3.8, 4) is 0 Å². The lowest BCUT2D eigenvalue weighted by Crippen LogP contribution is -2.17. The van der Waals surface area contributed by atoms with Crippen LogP contribution >= 0.6 is 0 Å². The summed E-state index contributed by atoms with van der Waals surface area (Å²) in [5.41, 5.74) is 3.86. The molecule has 0 bridgehead atoms. The van der Waals surface area contributed by atoms with Gasteiger partial charge in [0.1, 0.15) is 0 Å². The van der Waals surface area contributed by atoms with Crippen molar-refractivity contribution in [2.45, 2.75) is 64.9 Å². The van der Waals surface area contributed by atoms with Crippen LogP contribution in [0.5, 0.6) is 0 Å². The van der Waals surface area contributed by atoms with Crippen molar-refractivity contribution in [1.29, 1.82) is 0 Å². The summed E-state index contributed by atoms with van der Waals surface area (Å²) in [5.74, 6) is 0.326. The van der Waals surface area contributed by atoms with E-state index in [1.165, 1.54) is 16.7 Å². The Kier molecular flexibility index (Phi) is 7.90. The second-order valence-corrected chi connectivity index (χ2v) is 6.84. The maximum Gasteiger partial charge on any atom is 0.0934 e. The quantitative estimate of drug-likeness (QED) is 0.549. The molecule has 132 valence electrons. The highest BCUT2D eigenvalue weighted by Crippen LogP contribution is 2.18. The molecule has 0 aliphatic rings. The highest BCUT2D eigenvalue weighted by atomic mass is 16.3. The molecule has 0 amide bonds. The average Bonchev–Trinajstić information content (AvgIpc) is 3.26. The lowest BCUT2D eigenvalue weighted by atomic mass is 9.94. The molecular weight excluding hydrogens is 300 g/mol. The van der Waals surface area contributed by atoms with Crippen molar-refractivity contribution in [3.05, 3.63) is 60.0 Å². The van der Waals surface area contributed by atoms with Crippen molar-refractivity contribution in [1.82, 2.24) is 0 Å². The summed E-state index contributed by atoms with van der Waals surface area (Å²) >= 11 is 0. The predicted octanol–water partition coefficient (Wildman–Crippen LogP) is 5.55. The van der Waals surface area contributed by atoms with E-state index >= 15 is 0 Å². The first kappa shape index (κ1) is 18.6. The molecule has 2 heterocycles. The van der Waals surface area contributed by atoms with Crippen LogP contribution in [0.25, 0.3) is 0 Å². The fraction of sp³-hybridized carbons (Fsp3) is 0.524. The van der Waals surface area contributed by atoms with Gasteiger partial charge in [-0.2, -0.15) is 0 Å². The number of hydrogen-bond acceptors (Lipinski definition) is 3. The van der Waals surface area contributed by atoms with Gasteiger partial charge in [-0.1, -0.05) is 18.6 Å². The highest BCUT2D eigenvalue weighted by Gasteiger charge is 2.13. The summed E-state index contributed by atoms with van der Waals surface area (Å²) in [7, 11) is 0. The SMILES string of the molecule is C/C(=C\CC(O)C(C)CCCc1ccoc1)CCCc1ccoc1. The van der Waals surface area contributed by atoms with Crippen LogP contribution in [0.4, 0.5) is 0 Å². The van der Waals surface area contributed by atoms with Gasteiger partial charge in [-0.3, -0.25) is 0 Å². The third-order valence-electron chi connectivity index (χ3n) is 4.69. The number of aryl methyl sites for hydroxylation is 2. The van der Waals surface area contributed by atoms with E-state index in [4.69, 9.17) is 8.83 Å². The molecule has 2 aromatic heterocycles. The first-order chi connectivity index (χ1) is 11.6. The van der Waals surface area contributed by atoms with E-state index in [2.05, 4.69) is 19.9 Å². The molecule has 0 aliphatic carbocycles. The minimum Gasteiger partial charge on any atom is -0.472 e. The summed E-state index contributed by atoms with van der Waals surface area (Å²) in [4.78, 5) is 0. The minimum absolute atomic E-state index is 0.252. The van der Waals surface area contributed by atoms with Crippen LogP contribution in [-0.2, 0) is 12.8 Å². The number of hydrogen-bond donors (Lipinski definition) is 1. The molecule has 0 saturated carbocycles. The molecule has 0 radical (unpaired) electrons. The molecule has 24 heavy (non-hydrogen) atoms. The third-order valence-corrected chi connectivity index (χ3v) is 4.69. The number of aliphatic hydroxyl groups excluding tert-OH is 1. The molecule has 3 nitrogen and oxygen atoms in total. The molecule has 0 saturated heterocycles. The molecule has 0 aromatic carbocycles. The Labute approximate surface area is 145 Å². The fourth-order valence-corrected chi connectivity index (χ4v) is 2.92. The van der Waals surface area contributed by atoms with E-state index in [0.717, 1.165) is 44.9 Å². The second-order valence-electron chi connectivity index (χ2n) is 6.84. The lowest BCUT2D eigenvalue weighted by molar-refractivity contribution is 0.113. The number of rotatable bonds is 11. The van der Waals surface area contributed by atoms with E-state index in [1.54, 1.807) is 18.8 Å². The average molecular weight is 330 g/mol. The van der Waals surface area contributed by atoms with Gasteiger partial charge in [0.15, 0.2) is 0 Å². The Morgan fingerprint density at radius 1 is 1.08 bits per heavy atom. The van der Waals surface area contributed by atoms with Crippen LogP contribution in [0, 0.1) is 5.92 Å². The van der Waals surface area contributed by atoms with E-state index in [9.17, 15) is 5.11 Å². The van der Waals surface area contributed by atoms with Crippen molar-refractivity contribution in [2.75, 3.05) is 0 Å². The van der Waals surface area contributed by atoms with Crippen molar-refractivity contribution < 1.29 is 13.9 Å².